The number of halogens is 5. The third-order valence-electron chi connectivity index (χ3n) is 5.52. The number of nitrogens with zero attached hydrogens (tertiary/aromatic N) is 1. The van der Waals surface area contributed by atoms with Crippen molar-refractivity contribution >= 4 is 34.3 Å². The van der Waals surface area contributed by atoms with Crippen molar-refractivity contribution < 1.29 is 41.7 Å². The minimum Gasteiger partial charge on any atom is -0.479 e. The first-order valence-corrected chi connectivity index (χ1v) is 11.1. The van der Waals surface area contributed by atoms with Gasteiger partial charge >= 0.3 is 12.3 Å². The number of benzene rings is 3. The average molecular weight is 536 g/mol. The molecule has 0 amide bonds. The number of aromatic nitrogens is 1. The van der Waals surface area contributed by atoms with Gasteiger partial charge in [0.2, 0.25) is 0 Å². The summed E-state index contributed by atoms with van der Waals surface area (Å²) in [7, 11) is 0. The highest BCUT2D eigenvalue weighted by Gasteiger charge is 2.32. The Morgan fingerprint density at radius 3 is 2.30 bits per heavy atom. The first kappa shape index (κ1) is 26.0. The minimum atomic E-state index is -4.96. The number of ketones is 1. The Balaban J connectivity index is 1.95. The van der Waals surface area contributed by atoms with Crippen LogP contribution in [0.2, 0.25) is 5.02 Å². The van der Waals surface area contributed by atoms with Gasteiger partial charge in [-0.1, -0.05) is 11.6 Å². The molecule has 4 aromatic rings. The molecule has 0 fully saturated rings. The fourth-order valence-electron chi connectivity index (χ4n) is 3.96. The van der Waals surface area contributed by atoms with E-state index in [1.165, 1.54) is 47.9 Å². The van der Waals surface area contributed by atoms with Crippen LogP contribution in [0.5, 0.6) is 11.5 Å². The molecule has 1 atom stereocenters. The van der Waals surface area contributed by atoms with Gasteiger partial charge in [0.15, 0.2) is 11.9 Å². The van der Waals surface area contributed by atoms with Crippen molar-refractivity contribution in [3.05, 3.63) is 88.3 Å². The van der Waals surface area contributed by atoms with E-state index < -0.39 is 35.8 Å². The van der Waals surface area contributed by atoms with Gasteiger partial charge in [-0.2, -0.15) is 0 Å². The van der Waals surface area contributed by atoms with Gasteiger partial charge < -0.3 is 19.1 Å². The van der Waals surface area contributed by atoms with Gasteiger partial charge in [-0.15, -0.1) is 13.2 Å². The second-order valence-corrected chi connectivity index (χ2v) is 8.54. The zero-order chi connectivity index (χ0) is 27.1. The van der Waals surface area contributed by atoms with E-state index in [1.54, 1.807) is 6.92 Å². The highest BCUT2D eigenvalue weighted by molar-refractivity contribution is 6.30. The maximum atomic E-state index is 14.6. The van der Waals surface area contributed by atoms with Crippen LogP contribution in [0, 0.1) is 12.7 Å². The molecule has 0 saturated heterocycles. The number of hydrogen-bond donors (Lipinski definition) is 1. The number of carbonyl (C=O) groups is 2. The molecule has 1 heterocycles. The molecule has 4 rings (SSSR count). The van der Waals surface area contributed by atoms with E-state index in [9.17, 15) is 27.2 Å². The topological polar surface area (TPSA) is 77.8 Å². The summed E-state index contributed by atoms with van der Waals surface area (Å²) in [5.41, 5.74) is 0.956. The van der Waals surface area contributed by atoms with E-state index in [0.717, 1.165) is 24.3 Å². The Bertz CT molecular complexity index is 1510. The van der Waals surface area contributed by atoms with Crippen LogP contribution in [-0.4, -0.2) is 33.9 Å². The lowest BCUT2D eigenvalue weighted by atomic mass is 10.0. The van der Waals surface area contributed by atoms with Crippen LogP contribution in [0.4, 0.5) is 17.6 Å². The van der Waals surface area contributed by atoms with Gasteiger partial charge in [0.1, 0.15) is 17.3 Å². The molecule has 11 heteroatoms. The number of aliphatic carboxylic acids is 1. The molecule has 6 nitrogen and oxygen atoms in total. The molecule has 1 unspecified atom stereocenters. The molecule has 1 N–H and O–H groups in total. The lowest BCUT2D eigenvalue weighted by Crippen LogP contribution is -2.23. The summed E-state index contributed by atoms with van der Waals surface area (Å²) < 4.78 is 64.0. The predicted molar refractivity (Wildman–Crippen MR) is 127 cm³/mol. The van der Waals surface area contributed by atoms with Crippen molar-refractivity contribution in [2.75, 3.05) is 0 Å². The molecule has 0 radical (unpaired) electrons. The fraction of sp³-hybridized carbons (Fsp3) is 0.154. The molecule has 192 valence electrons. The smallest absolute Gasteiger partial charge is 0.479 e. The summed E-state index contributed by atoms with van der Waals surface area (Å²) in [5, 5.41) is 9.82. The first-order valence-electron chi connectivity index (χ1n) is 10.8. The summed E-state index contributed by atoms with van der Waals surface area (Å²) in [6.45, 7) is 2.81. The number of alkyl halides is 3. The standard InChI is InChI=1S/C26H18ClF4NO5/c1-13-23(24(33)15-3-5-16(27)6-4-15)21-8-7-19(37-26(29,30)31)12-22(21)32(13)18-9-17(28)10-20(11-18)36-14(2)25(34)35/h3-12,14H,1-2H3,(H,34,35). The number of carbonyl (C=O) groups excluding carboxylic acids is 1. The van der Waals surface area contributed by atoms with Gasteiger partial charge in [0.25, 0.3) is 0 Å². The van der Waals surface area contributed by atoms with Gasteiger partial charge in [0.05, 0.1) is 16.8 Å². The highest BCUT2D eigenvalue weighted by atomic mass is 35.5. The van der Waals surface area contributed by atoms with E-state index in [-0.39, 0.29) is 33.5 Å². The lowest BCUT2D eigenvalue weighted by Gasteiger charge is -2.15. The largest absolute Gasteiger partial charge is 0.573 e. The van der Waals surface area contributed by atoms with Gasteiger partial charge in [-0.25, -0.2) is 9.18 Å². The van der Waals surface area contributed by atoms with Crippen LogP contribution in [0.1, 0.15) is 28.5 Å². The monoisotopic (exact) mass is 535 g/mol. The van der Waals surface area contributed by atoms with Crippen molar-refractivity contribution in [3.63, 3.8) is 0 Å². The van der Waals surface area contributed by atoms with Crippen molar-refractivity contribution in [1.29, 1.82) is 0 Å². The molecular weight excluding hydrogens is 518 g/mol. The Morgan fingerprint density at radius 2 is 1.68 bits per heavy atom. The average Bonchev–Trinajstić information content (AvgIpc) is 3.08. The zero-order valence-corrected chi connectivity index (χ0v) is 20.0. The first-order chi connectivity index (χ1) is 17.3. The minimum absolute atomic E-state index is 0.0920. The van der Waals surface area contributed by atoms with Crippen molar-refractivity contribution in [2.45, 2.75) is 26.3 Å². The molecule has 3 aromatic carbocycles. The van der Waals surface area contributed by atoms with E-state index >= 15 is 0 Å². The number of carboxylic acid groups (broad SMARTS) is 1. The van der Waals surface area contributed by atoms with E-state index in [2.05, 4.69) is 4.74 Å². The maximum absolute atomic E-state index is 14.6. The van der Waals surface area contributed by atoms with Crippen LogP contribution in [0.3, 0.4) is 0 Å². The van der Waals surface area contributed by atoms with Crippen LogP contribution in [0.25, 0.3) is 16.6 Å². The molecule has 37 heavy (non-hydrogen) atoms. The molecule has 0 bridgehead atoms. The van der Waals surface area contributed by atoms with Gasteiger partial charge in [-0.05, 0) is 56.3 Å². The van der Waals surface area contributed by atoms with Gasteiger partial charge in [-0.3, -0.25) is 4.79 Å². The third-order valence-corrected chi connectivity index (χ3v) is 5.77. The van der Waals surface area contributed by atoms with E-state index in [4.69, 9.17) is 21.4 Å². The van der Waals surface area contributed by atoms with E-state index in [0.29, 0.717) is 10.7 Å². The Labute approximate surface area is 212 Å². The predicted octanol–water partition coefficient (Wildman–Crippen LogP) is 6.71. The number of carboxylic acids is 1. The number of rotatable bonds is 7. The van der Waals surface area contributed by atoms with Crippen molar-refractivity contribution in [1.82, 2.24) is 4.57 Å². The van der Waals surface area contributed by atoms with Crippen molar-refractivity contribution in [2.24, 2.45) is 0 Å². The summed E-state index contributed by atoms with van der Waals surface area (Å²) in [5.74, 6) is -3.18. The molecule has 0 aliphatic rings. The van der Waals surface area contributed by atoms with Crippen LogP contribution >= 0.6 is 11.6 Å². The highest BCUT2D eigenvalue weighted by Crippen LogP contribution is 2.36. The summed E-state index contributed by atoms with van der Waals surface area (Å²) in [4.78, 5) is 24.7. The Kier molecular flexibility index (Phi) is 6.88. The number of fused-ring (bicyclic) bond motifs is 1. The second-order valence-electron chi connectivity index (χ2n) is 8.10. The molecule has 0 aliphatic heterocycles. The quantitative estimate of drug-likeness (QED) is 0.210. The molecular formula is C26H18ClF4NO5. The maximum Gasteiger partial charge on any atom is 0.573 e. The number of hydrogen-bond acceptors (Lipinski definition) is 4. The van der Waals surface area contributed by atoms with Crippen molar-refractivity contribution in [3.8, 4) is 17.2 Å². The SMILES string of the molecule is Cc1c(C(=O)c2ccc(Cl)cc2)c2ccc(OC(F)(F)F)cc2n1-c1cc(F)cc(OC(C)C(=O)O)c1. The molecule has 0 aliphatic carbocycles. The summed E-state index contributed by atoms with van der Waals surface area (Å²) >= 11 is 5.92. The van der Waals surface area contributed by atoms with Crippen LogP contribution in [0.15, 0.2) is 60.7 Å². The summed E-state index contributed by atoms with van der Waals surface area (Å²) in [6.07, 6.45) is -6.26. The Morgan fingerprint density at radius 1 is 1.00 bits per heavy atom. The third kappa shape index (κ3) is 5.54. The lowest BCUT2D eigenvalue weighted by molar-refractivity contribution is -0.274. The summed E-state index contributed by atoms with van der Waals surface area (Å²) in [6, 6.07) is 12.9. The Hall–Kier alpha value is -4.05. The fourth-order valence-corrected chi connectivity index (χ4v) is 4.08. The van der Waals surface area contributed by atoms with Crippen LogP contribution < -0.4 is 9.47 Å². The van der Waals surface area contributed by atoms with E-state index in [1.807, 2.05) is 0 Å². The van der Waals surface area contributed by atoms with Gasteiger partial charge in [0, 0.05) is 39.9 Å². The molecule has 1 aromatic heterocycles. The molecule has 0 saturated carbocycles. The number of ether oxygens (including phenoxy) is 2. The molecule has 0 spiro atoms. The van der Waals surface area contributed by atoms with Crippen LogP contribution in [-0.2, 0) is 4.79 Å². The second kappa shape index (κ2) is 9.78. The zero-order valence-electron chi connectivity index (χ0n) is 19.3. The normalized spacial score (nSPS) is 12.4.